The third kappa shape index (κ3) is 1.94. The van der Waals surface area contributed by atoms with E-state index < -0.39 is 0 Å². The van der Waals surface area contributed by atoms with Crippen LogP contribution >= 0.6 is 0 Å². The average Bonchev–Trinajstić information content (AvgIpc) is 2.15. The summed E-state index contributed by atoms with van der Waals surface area (Å²) in [6.07, 6.45) is 5.15. The van der Waals surface area contributed by atoms with Gasteiger partial charge in [-0.25, -0.2) is 4.79 Å². The smallest absolute Gasteiger partial charge is 0.407 e. The van der Waals surface area contributed by atoms with Crippen molar-refractivity contribution in [2.45, 2.75) is 58.1 Å². The van der Waals surface area contributed by atoms with Crippen LogP contribution < -0.4 is 5.32 Å². The van der Waals surface area contributed by atoms with Crippen LogP contribution in [0.4, 0.5) is 4.79 Å². The highest BCUT2D eigenvalue weighted by Crippen LogP contribution is 2.59. The first-order valence-electron chi connectivity index (χ1n) is 6.93. The standard InChI is InChI=1S/C14H23NO2/c1-14(2,3)17-13(16)15-12-8-4-5-10-9(6-8)7-11(10)12/h8-12H,4-7H2,1-3H3,(H,15,16). The molecule has 0 saturated heterocycles. The van der Waals surface area contributed by atoms with Crippen molar-refractivity contribution < 1.29 is 9.53 Å². The van der Waals surface area contributed by atoms with Crippen LogP contribution in [-0.4, -0.2) is 17.7 Å². The molecule has 0 aromatic carbocycles. The normalized spacial score (nSPS) is 42.9. The summed E-state index contributed by atoms with van der Waals surface area (Å²) in [5.74, 6) is 3.35. The van der Waals surface area contributed by atoms with E-state index in [0.29, 0.717) is 6.04 Å². The molecule has 5 aliphatic rings. The Labute approximate surface area is 103 Å². The lowest BCUT2D eigenvalue weighted by molar-refractivity contribution is -0.0976. The van der Waals surface area contributed by atoms with Gasteiger partial charge in [-0.3, -0.25) is 0 Å². The molecule has 4 bridgehead atoms. The van der Waals surface area contributed by atoms with E-state index in [9.17, 15) is 4.79 Å². The molecule has 5 saturated carbocycles. The molecule has 96 valence electrons. The zero-order chi connectivity index (χ0) is 12.2. The number of alkyl carbamates (subject to hydrolysis) is 1. The van der Waals surface area contributed by atoms with Gasteiger partial charge in [0.15, 0.2) is 0 Å². The van der Waals surface area contributed by atoms with E-state index in [-0.39, 0.29) is 11.7 Å². The zero-order valence-corrected chi connectivity index (χ0v) is 11.0. The van der Waals surface area contributed by atoms with Crippen molar-refractivity contribution in [1.82, 2.24) is 5.32 Å². The highest BCUT2D eigenvalue weighted by Gasteiger charge is 2.56. The minimum Gasteiger partial charge on any atom is -0.444 e. The maximum Gasteiger partial charge on any atom is 0.407 e. The summed E-state index contributed by atoms with van der Waals surface area (Å²) < 4.78 is 5.36. The van der Waals surface area contributed by atoms with Crippen LogP contribution in [0.2, 0.25) is 0 Å². The molecule has 3 heteroatoms. The molecule has 0 spiro atoms. The Hall–Kier alpha value is -0.730. The second-order valence-electron chi connectivity index (χ2n) is 7.07. The Kier molecular flexibility index (Phi) is 2.43. The van der Waals surface area contributed by atoms with E-state index in [1.54, 1.807) is 0 Å². The van der Waals surface area contributed by atoms with Crippen molar-refractivity contribution in [3.8, 4) is 0 Å². The number of rotatable bonds is 1. The fraction of sp³-hybridized carbons (Fsp3) is 0.929. The molecule has 0 aromatic heterocycles. The molecular weight excluding hydrogens is 214 g/mol. The monoisotopic (exact) mass is 237 g/mol. The summed E-state index contributed by atoms with van der Waals surface area (Å²) >= 11 is 0. The predicted molar refractivity (Wildman–Crippen MR) is 65.6 cm³/mol. The Balaban J connectivity index is 1.60. The molecule has 5 atom stereocenters. The lowest BCUT2D eigenvalue weighted by Gasteiger charge is -2.61. The van der Waals surface area contributed by atoms with Crippen LogP contribution in [-0.2, 0) is 4.74 Å². The van der Waals surface area contributed by atoms with Crippen LogP contribution in [0.15, 0.2) is 0 Å². The quantitative estimate of drug-likeness (QED) is 0.761. The summed E-state index contributed by atoms with van der Waals surface area (Å²) in [7, 11) is 0. The Bertz CT molecular complexity index is 330. The fourth-order valence-electron chi connectivity index (χ4n) is 4.24. The number of carbonyl (C=O) groups is 1. The lowest BCUT2D eigenvalue weighted by atomic mass is 9.46. The lowest BCUT2D eigenvalue weighted by Crippen LogP contribution is -2.62. The number of carbonyl (C=O) groups excluding carboxylic acids is 1. The van der Waals surface area contributed by atoms with E-state index in [4.69, 9.17) is 4.74 Å². The molecule has 0 aromatic rings. The van der Waals surface area contributed by atoms with Gasteiger partial charge in [-0.1, -0.05) is 0 Å². The van der Waals surface area contributed by atoms with Crippen LogP contribution in [0.25, 0.3) is 0 Å². The van der Waals surface area contributed by atoms with E-state index in [1.807, 2.05) is 20.8 Å². The molecule has 1 N–H and O–H groups in total. The van der Waals surface area contributed by atoms with Gasteiger partial charge in [0.1, 0.15) is 5.60 Å². The van der Waals surface area contributed by atoms with E-state index >= 15 is 0 Å². The van der Waals surface area contributed by atoms with Gasteiger partial charge in [0, 0.05) is 6.04 Å². The summed E-state index contributed by atoms with van der Waals surface area (Å²) in [4.78, 5) is 11.8. The first-order chi connectivity index (χ1) is 7.94. The molecule has 0 aliphatic heterocycles. The Morgan fingerprint density at radius 3 is 2.41 bits per heavy atom. The van der Waals surface area contributed by atoms with Gasteiger partial charge >= 0.3 is 6.09 Å². The van der Waals surface area contributed by atoms with Gasteiger partial charge in [0.25, 0.3) is 0 Å². The van der Waals surface area contributed by atoms with E-state index in [1.165, 1.54) is 25.7 Å². The first kappa shape index (κ1) is 11.4. The number of hydrogen-bond donors (Lipinski definition) is 1. The van der Waals surface area contributed by atoms with Gasteiger partial charge in [-0.05, 0) is 70.1 Å². The van der Waals surface area contributed by atoms with Gasteiger partial charge < -0.3 is 10.1 Å². The number of amides is 1. The summed E-state index contributed by atoms with van der Waals surface area (Å²) in [5.41, 5.74) is -0.389. The molecular formula is C14H23NO2. The maximum absolute atomic E-state index is 11.8. The van der Waals surface area contributed by atoms with Crippen molar-refractivity contribution in [1.29, 1.82) is 0 Å². The molecule has 5 fully saturated rings. The number of ether oxygens (including phenoxy) is 1. The largest absolute Gasteiger partial charge is 0.444 e. The fourth-order valence-corrected chi connectivity index (χ4v) is 4.24. The topological polar surface area (TPSA) is 38.3 Å². The molecule has 5 rings (SSSR count). The second-order valence-corrected chi connectivity index (χ2v) is 7.07. The molecule has 0 radical (unpaired) electrons. The molecule has 3 nitrogen and oxygen atoms in total. The SMILES string of the molecule is CC(C)(C)OC(=O)NC1C2CCC3C(C2)CC31. The van der Waals surface area contributed by atoms with Crippen LogP contribution in [0, 0.1) is 23.7 Å². The van der Waals surface area contributed by atoms with E-state index in [2.05, 4.69) is 5.32 Å². The minimum atomic E-state index is -0.389. The molecule has 1 amide bonds. The van der Waals surface area contributed by atoms with Crippen molar-refractivity contribution in [3.63, 3.8) is 0 Å². The van der Waals surface area contributed by atoms with Gasteiger partial charge in [0.05, 0.1) is 0 Å². The third-order valence-electron chi connectivity index (χ3n) is 4.86. The second kappa shape index (κ2) is 3.63. The van der Waals surface area contributed by atoms with Gasteiger partial charge in [-0.15, -0.1) is 0 Å². The molecule has 0 heterocycles. The average molecular weight is 237 g/mol. The highest BCUT2D eigenvalue weighted by molar-refractivity contribution is 5.68. The number of hydrogen-bond acceptors (Lipinski definition) is 2. The highest BCUT2D eigenvalue weighted by atomic mass is 16.6. The van der Waals surface area contributed by atoms with Gasteiger partial charge in [0.2, 0.25) is 0 Å². The molecule has 5 unspecified atom stereocenters. The van der Waals surface area contributed by atoms with Crippen LogP contribution in [0.1, 0.15) is 46.5 Å². The van der Waals surface area contributed by atoms with E-state index in [0.717, 1.165) is 23.7 Å². The summed E-state index contributed by atoms with van der Waals surface area (Å²) in [5, 5.41) is 3.13. The molecule has 5 aliphatic carbocycles. The Morgan fingerprint density at radius 2 is 1.88 bits per heavy atom. The summed E-state index contributed by atoms with van der Waals surface area (Å²) in [6.45, 7) is 5.75. The van der Waals surface area contributed by atoms with Crippen molar-refractivity contribution in [2.24, 2.45) is 23.7 Å². The first-order valence-corrected chi connectivity index (χ1v) is 6.93. The zero-order valence-electron chi connectivity index (χ0n) is 11.0. The maximum atomic E-state index is 11.8. The Morgan fingerprint density at radius 1 is 1.12 bits per heavy atom. The molecule has 17 heavy (non-hydrogen) atoms. The number of nitrogens with one attached hydrogen (secondary N) is 1. The van der Waals surface area contributed by atoms with Crippen LogP contribution in [0.3, 0.4) is 0 Å². The van der Waals surface area contributed by atoms with Gasteiger partial charge in [-0.2, -0.15) is 0 Å². The summed E-state index contributed by atoms with van der Waals surface area (Å²) in [6, 6.07) is 0.397. The number of fused-ring (bicyclic) bond motifs is 1. The van der Waals surface area contributed by atoms with Crippen molar-refractivity contribution in [2.75, 3.05) is 0 Å². The third-order valence-corrected chi connectivity index (χ3v) is 4.86. The minimum absolute atomic E-state index is 0.224. The van der Waals surface area contributed by atoms with Crippen molar-refractivity contribution >= 4 is 6.09 Å². The van der Waals surface area contributed by atoms with Crippen LogP contribution in [0.5, 0.6) is 0 Å². The van der Waals surface area contributed by atoms with Crippen molar-refractivity contribution in [3.05, 3.63) is 0 Å². The predicted octanol–water partition coefficient (Wildman–Crippen LogP) is 2.95.